The minimum atomic E-state index is -3.04. The maximum Gasteiger partial charge on any atom is 0.164 e. The highest BCUT2D eigenvalue weighted by molar-refractivity contribution is 7.91. The second-order valence-corrected chi connectivity index (χ2v) is 6.63. The zero-order valence-corrected chi connectivity index (χ0v) is 10.5. The van der Waals surface area contributed by atoms with E-state index in [1.54, 1.807) is 0 Å². The number of sulfone groups is 1. The van der Waals surface area contributed by atoms with Crippen molar-refractivity contribution < 1.29 is 17.6 Å². The van der Waals surface area contributed by atoms with Crippen molar-refractivity contribution in [3.05, 3.63) is 35.6 Å². The van der Waals surface area contributed by atoms with Crippen molar-refractivity contribution >= 4 is 15.6 Å². The lowest BCUT2D eigenvalue weighted by molar-refractivity contribution is 0.0972. The summed E-state index contributed by atoms with van der Waals surface area (Å²) >= 11 is 0. The zero-order valence-electron chi connectivity index (χ0n) is 9.73. The summed E-state index contributed by atoms with van der Waals surface area (Å²) < 4.78 is 35.6. The van der Waals surface area contributed by atoms with E-state index in [9.17, 15) is 17.6 Å². The highest BCUT2D eigenvalue weighted by Gasteiger charge is 2.26. The SMILES string of the molecule is O=C(CC1CS(=O)(=O)CCN1)c1ccc(F)cc1. The molecule has 0 amide bonds. The molecule has 1 N–H and O–H groups in total. The molecule has 2 rings (SSSR count). The average Bonchev–Trinajstić information content (AvgIpc) is 2.28. The lowest BCUT2D eigenvalue weighted by Gasteiger charge is -2.22. The van der Waals surface area contributed by atoms with Gasteiger partial charge in [0.15, 0.2) is 15.6 Å². The Morgan fingerprint density at radius 3 is 2.61 bits per heavy atom. The summed E-state index contributed by atoms with van der Waals surface area (Å²) in [5.74, 6) is -0.469. The Labute approximate surface area is 105 Å². The minimum absolute atomic E-state index is 0.0140. The van der Waals surface area contributed by atoms with Crippen LogP contribution in [0, 0.1) is 5.82 Å². The number of carbonyl (C=O) groups excluding carboxylic acids is 1. The van der Waals surface area contributed by atoms with Crippen molar-refractivity contribution in [2.45, 2.75) is 12.5 Å². The van der Waals surface area contributed by atoms with Crippen LogP contribution in [0.1, 0.15) is 16.8 Å². The normalized spacial score (nSPS) is 22.6. The first kappa shape index (κ1) is 13.2. The van der Waals surface area contributed by atoms with Gasteiger partial charge in [0.05, 0.1) is 11.5 Å². The van der Waals surface area contributed by atoms with Gasteiger partial charge in [-0.2, -0.15) is 0 Å². The van der Waals surface area contributed by atoms with E-state index in [0.29, 0.717) is 12.1 Å². The number of nitrogens with one attached hydrogen (secondary N) is 1. The lowest BCUT2D eigenvalue weighted by Crippen LogP contribution is -2.45. The van der Waals surface area contributed by atoms with Crippen LogP contribution in [0.3, 0.4) is 0 Å². The molecule has 1 saturated heterocycles. The molecular weight excluding hydrogens is 257 g/mol. The summed E-state index contributed by atoms with van der Waals surface area (Å²) in [5, 5.41) is 3.01. The monoisotopic (exact) mass is 271 g/mol. The van der Waals surface area contributed by atoms with Crippen molar-refractivity contribution in [1.29, 1.82) is 0 Å². The van der Waals surface area contributed by atoms with Crippen LogP contribution in [0.5, 0.6) is 0 Å². The first-order valence-electron chi connectivity index (χ1n) is 5.69. The fourth-order valence-electron chi connectivity index (χ4n) is 1.98. The number of ketones is 1. The van der Waals surface area contributed by atoms with E-state index >= 15 is 0 Å². The Balaban J connectivity index is 2.01. The van der Waals surface area contributed by atoms with Gasteiger partial charge in [0, 0.05) is 24.6 Å². The van der Waals surface area contributed by atoms with E-state index in [2.05, 4.69) is 5.32 Å². The van der Waals surface area contributed by atoms with Gasteiger partial charge in [-0.25, -0.2) is 12.8 Å². The topological polar surface area (TPSA) is 63.2 Å². The molecule has 0 spiro atoms. The van der Waals surface area contributed by atoms with Crippen molar-refractivity contribution in [2.24, 2.45) is 0 Å². The second kappa shape index (κ2) is 5.16. The quantitative estimate of drug-likeness (QED) is 0.825. The molecule has 1 heterocycles. The Bertz CT molecular complexity index is 539. The zero-order chi connectivity index (χ0) is 13.2. The molecule has 0 radical (unpaired) electrons. The third-order valence-electron chi connectivity index (χ3n) is 2.90. The summed E-state index contributed by atoms with van der Waals surface area (Å²) in [6.07, 6.45) is 0.116. The second-order valence-electron chi connectivity index (χ2n) is 4.40. The van der Waals surface area contributed by atoms with Gasteiger partial charge in [-0.1, -0.05) is 0 Å². The van der Waals surface area contributed by atoms with Gasteiger partial charge in [-0.15, -0.1) is 0 Å². The molecule has 0 saturated carbocycles. The van der Waals surface area contributed by atoms with Gasteiger partial charge in [-0.3, -0.25) is 4.79 Å². The third kappa shape index (κ3) is 3.36. The van der Waals surface area contributed by atoms with Crippen molar-refractivity contribution in [3.63, 3.8) is 0 Å². The van der Waals surface area contributed by atoms with E-state index in [0.717, 1.165) is 0 Å². The van der Waals surface area contributed by atoms with Gasteiger partial charge >= 0.3 is 0 Å². The molecule has 0 aliphatic carbocycles. The van der Waals surface area contributed by atoms with Crippen LogP contribution in [0.15, 0.2) is 24.3 Å². The van der Waals surface area contributed by atoms with Crippen molar-refractivity contribution in [2.75, 3.05) is 18.1 Å². The summed E-state index contributed by atoms with van der Waals surface area (Å²) in [6, 6.07) is 4.92. The molecule has 1 aliphatic rings. The van der Waals surface area contributed by atoms with Crippen LogP contribution >= 0.6 is 0 Å². The van der Waals surface area contributed by atoms with E-state index in [-0.39, 0.29) is 29.8 Å². The molecule has 0 bridgehead atoms. The van der Waals surface area contributed by atoms with Gasteiger partial charge in [0.1, 0.15) is 5.82 Å². The van der Waals surface area contributed by atoms with E-state index in [4.69, 9.17) is 0 Å². The maximum atomic E-state index is 12.7. The number of benzene rings is 1. The highest BCUT2D eigenvalue weighted by atomic mass is 32.2. The number of hydrogen-bond donors (Lipinski definition) is 1. The number of carbonyl (C=O) groups is 1. The first-order chi connectivity index (χ1) is 8.46. The fraction of sp³-hybridized carbons (Fsp3) is 0.417. The summed E-state index contributed by atoms with van der Waals surface area (Å²) in [6.45, 7) is 0.379. The molecule has 1 aromatic carbocycles. The fourth-order valence-corrected chi connectivity index (χ4v) is 3.42. The van der Waals surface area contributed by atoms with Crippen LogP contribution in [-0.2, 0) is 9.84 Å². The summed E-state index contributed by atoms with van der Waals surface area (Å²) in [4.78, 5) is 11.9. The van der Waals surface area contributed by atoms with Gasteiger partial charge < -0.3 is 5.32 Å². The number of hydrogen-bond acceptors (Lipinski definition) is 4. The van der Waals surface area contributed by atoms with Crippen LogP contribution in [-0.4, -0.2) is 38.3 Å². The number of Topliss-reactive ketones (excluding diaryl/α,β-unsaturated/α-hetero) is 1. The number of halogens is 1. The highest BCUT2D eigenvalue weighted by Crippen LogP contribution is 2.11. The van der Waals surface area contributed by atoms with Gasteiger partial charge in [-0.05, 0) is 24.3 Å². The molecular formula is C12H14FNO3S. The molecule has 98 valence electrons. The summed E-state index contributed by atoms with van der Waals surface area (Å²) in [5.41, 5.74) is 0.404. The van der Waals surface area contributed by atoms with E-state index in [1.165, 1.54) is 24.3 Å². The first-order valence-corrected chi connectivity index (χ1v) is 7.51. The van der Waals surface area contributed by atoms with E-state index in [1.807, 2.05) is 0 Å². The predicted molar refractivity (Wildman–Crippen MR) is 65.8 cm³/mol. The Morgan fingerprint density at radius 2 is 2.00 bits per heavy atom. The lowest BCUT2D eigenvalue weighted by atomic mass is 10.0. The molecule has 0 aromatic heterocycles. The smallest absolute Gasteiger partial charge is 0.164 e. The van der Waals surface area contributed by atoms with Crippen molar-refractivity contribution in [3.8, 4) is 0 Å². The van der Waals surface area contributed by atoms with Crippen molar-refractivity contribution in [1.82, 2.24) is 5.32 Å². The minimum Gasteiger partial charge on any atom is -0.312 e. The average molecular weight is 271 g/mol. The molecule has 6 heteroatoms. The predicted octanol–water partition coefficient (Wildman–Crippen LogP) is 0.785. The molecule has 18 heavy (non-hydrogen) atoms. The van der Waals surface area contributed by atoms with Crippen LogP contribution in [0.25, 0.3) is 0 Å². The Kier molecular flexibility index (Phi) is 3.77. The Hall–Kier alpha value is -1.27. The van der Waals surface area contributed by atoms with Crippen LogP contribution < -0.4 is 5.32 Å². The van der Waals surface area contributed by atoms with E-state index < -0.39 is 15.7 Å². The maximum absolute atomic E-state index is 12.7. The molecule has 1 fully saturated rings. The molecule has 4 nitrogen and oxygen atoms in total. The van der Waals surface area contributed by atoms with Crippen LogP contribution in [0.4, 0.5) is 4.39 Å². The number of rotatable bonds is 3. The van der Waals surface area contributed by atoms with Gasteiger partial charge in [0.2, 0.25) is 0 Å². The largest absolute Gasteiger partial charge is 0.312 e. The Morgan fingerprint density at radius 1 is 1.33 bits per heavy atom. The molecule has 1 unspecified atom stereocenters. The van der Waals surface area contributed by atoms with Gasteiger partial charge in [0.25, 0.3) is 0 Å². The summed E-state index contributed by atoms with van der Waals surface area (Å²) in [7, 11) is -3.04. The third-order valence-corrected chi connectivity index (χ3v) is 4.64. The standard InChI is InChI=1S/C12H14FNO3S/c13-10-3-1-9(2-4-10)12(15)7-11-8-18(16,17)6-5-14-11/h1-4,11,14H,5-8H2. The molecule has 1 aromatic rings. The van der Waals surface area contributed by atoms with Crippen LogP contribution in [0.2, 0.25) is 0 Å². The molecule has 1 aliphatic heterocycles. The molecule has 1 atom stereocenters.